The molecular formula is C14H24N2. The first kappa shape index (κ1) is 13.2. The number of aryl methyl sites for hydroxylation is 1. The van der Waals surface area contributed by atoms with Crippen LogP contribution >= 0.6 is 0 Å². The summed E-state index contributed by atoms with van der Waals surface area (Å²) < 4.78 is 0. The van der Waals surface area contributed by atoms with Gasteiger partial charge in [0.1, 0.15) is 0 Å². The SMILES string of the molecule is CCC(C)CC(Cc1ncccc1C)NC. The van der Waals surface area contributed by atoms with Gasteiger partial charge < -0.3 is 5.32 Å². The van der Waals surface area contributed by atoms with Gasteiger partial charge in [0, 0.05) is 24.4 Å². The summed E-state index contributed by atoms with van der Waals surface area (Å²) in [6.45, 7) is 6.71. The van der Waals surface area contributed by atoms with E-state index in [1.165, 1.54) is 24.1 Å². The molecule has 16 heavy (non-hydrogen) atoms. The minimum Gasteiger partial charge on any atom is -0.317 e. The maximum absolute atomic E-state index is 4.46. The molecule has 0 spiro atoms. The van der Waals surface area contributed by atoms with E-state index in [1.54, 1.807) is 0 Å². The van der Waals surface area contributed by atoms with Crippen molar-refractivity contribution in [2.75, 3.05) is 7.05 Å². The summed E-state index contributed by atoms with van der Waals surface area (Å²) in [7, 11) is 2.05. The summed E-state index contributed by atoms with van der Waals surface area (Å²) in [5.74, 6) is 0.779. The molecule has 0 aromatic carbocycles. The van der Waals surface area contributed by atoms with Crippen LogP contribution in [0, 0.1) is 12.8 Å². The largest absolute Gasteiger partial charge is 0.317 e. The Morgan fingerprint density at radius 3 is 2.75 bits per heavy atom. The van der Waals surface area contributed by atoms with Gasteiger partial charge in [-0.2, -0.15) is 0 Å². The second-order valence-corrected chi connectivity index (χ2v) is 4.71. The quantitative estimate of drug-likeness (QED) is 0.797. The van der Waals surface area contributed by atoms with Crippen LogP contribution in [-0.4, -0.2) is 18.1 Å². The van der Waals surface area contributed by atoms with Crippen LogP contribution in [0.25, 0.3) is 0 Å². The van der Waals surface area contributed by atoms with E-state index >= 15 is 0 Å². The second-order valence-electron chi connectivity index (χ2n) is 4.71. The van der Waals surface area contributed by atoms with E-state index in [-0.39, 0.29) is 0 Å². The van der Waals surface area contributed by atoms with E-state index in [4.69, 9.17) is 0 Å². The minimum atomic E-state index is 0.545. The topological polar surface area (TPSA) is 24.9 Å². The lowest BCUT2D eigenvalue weighted by molar-refractivity contribution is 0.408. The molecule has 0 fully saturated rings. The molecule has 0 aliphatic heterocycles. The van der Waals surface area contributed by atoms with Gasteiger partial charge in [0.2, 0.25) is 0 Å². The van der Waals surface area contributed by atoms with Crippen LogP contribution in [0.1, 0.15) is 37.9 Å². The first-order chi connectivity index (χ1) is 7.67. The van der Waals surface area contributed by atoms with Crippen molar-refractivity contribution in [3.8, 4) is 0 Å². The number of rotatable bonds is 6. The number of nitrogens with zero attached hydrogens (tertiary/aromatic N) is 1. The van der Waals surface area contributed by atoms with Gasteiger partial charge in [0.05, 0.1) is 0 Å². The van der Waals surface area contributed by atoms with Crippen molar-refractivity contribution < 1.29 is 0 Å². The fraction of sp³-hybridized carbons (Fsp3) is 0.643. The molecule has 1 heterocycles. The summed E-state index contributed by atoms with van der Waals surface area (Å²) in [6.07, 6.45) is 5.40. The van der Waals surface area contributed by atoms with Crippen LogP contribution in [0.2, 0.25) is 0 Å². The van der Waals surface area contributed by atoms with Crippen LogP contribution < -0.4 is 5.32 Å². The monoisotopic (exact) mass is 220 g/mol. The molecule has 0 aliphatic rings. The first-order valence-corrected chi connectivity index (χ1v) is 6.25. The van der Waals surface area contributed by atoms with Crippen LogP contribution in [0.5, 0.6) is 0 Å². The molecule has 2 atom stereocenters. The van der Waals surface area contributed by atoms with E-state index in [0.29, 0.717) is 6.04 Å². The molecule has 0 amide bonds. The Labute approximate surface area is 99.5 Å². The minimum absolute atomic E-state index is 0.545. The van der Waals surface area contributed by atoms with Crippen LogP contribution in [0.3, 0.4) is 0 Å². The van der Waals surface area contributed by atoms with E-state index in [1.807, 2.05) is 19.3 Å². The Balaban J connectivity index is 2.60. The molecule has 0 saturated heterocycles. The lowest BCUT2D eigenvalue weighted by Crippen LogP contribution is -2.30. The van der Waals surface area contributed by atoms with Crippen molar-refractivity contribution in [2.45, 2.75) is 46.1 Å². The van der Waals surface area contributed by atoms with E-state index < -0.39 is 0 Å². The molecule has 1 aromatic rings. The third kappa shape index (κ3) is 3.93. The Morgan fingerprint density at radius 1 is 1.44 bits per heavy atom. The molecular weight excluding hydrogens is 196 g/mol. The molecule has 1 rings (SSSR count). The lowest BCUT2D eigenvalue weighted by atomic mass is 9.95. The van der Waals surface area contributed by atoms with Crippen molar-refractivity contribution in [1.29, 1.82) is 0 Å². The fourth-order valence-electron chi connectivity index (χ4n) is 1.92. The number of hydrogen-bond donors (Lipinski definition) is 1. The zero-order valence-corrected chi connectivity index (χ0v) is 11.0. The number of hydrogen-bond acceptors (Lipinski definition) is 2. The highest BCUT2D eigenvalue weighted by Crippen LogP contribution is 2.14. The molecule has 2 heteroatoms. The van der Waals surface area contributed by atoms with Gasteiger partial charge in [0.15, 0.2) is 0 Å². The zero-order valence-electron chi connectivity index (χ0n) is 11.0. The third-order valence-corrected chi connectivity index (χ3v) is 3.35. The van der Waals surface area contributed by atoms with Gasteiger partial charge >= 0.3 is 0 Å². The zero-order chi connectivity index (χ0) is 12.0. The summed E-state index contributed by atoms with van der Waals surface area (Å²) in [5.41, 5.74) is 2.53. The van der Waals surface area contributed by atoms with Crippen LogP contribution in [-0.2, 0) is 6.42 Å². The molecule has 1 aromatic heterocycles. The molecule has 0 bridgehead atoms. The van der Waals surface area contributed by atoms with Crippen molar-refractivity contribution in [3.05, 3.63) is 29.6 Å². The van der Waals surface area contributed by atoms with Gasteiger partial charge in [-0.1, -0.05) is 26.3 Å². The highest BCUT2D eigenvalue weighted by atomic mass is 14.9. The highest BCUT2D eigenvalue weighted by Gasteiger charge is 2.12. The first-order valence-electron chi connectivity index (χ1n) is 6.25. The average Bonchev–Trinajstić information content (AvgIpc) is 2.30. The fourth-order valence-corrected chi connectivity index (χ4v) is 1.92. The molecule has 2 unspecified atom stereocenters. The summed E-state index contributed by atoms with van der Waals surface area (Å²) >= 11 is 0. The Kier molecular flexibility index (Phi) is 5.47. The standard InChI is InChI=1S/C14H24N2/c1-5-11(2)9-13(15-4)10-14-12(3)7-6-8-16-14/h6-8,11,13,15H,5,9-10H2,1-4H3. The van der Waals surface area contributed by atoms with E-state index in [2.05, 4.69) is 37.1 Å². The van der Waals surface area contributed by atoms with Gasteiger partial charge in [-0.25, -0.2) is 0 Å². The lowest BCUT2D eigenvalue weighted by Gasteiger charge is -2.20. The Bertz CT molecular complexity index is 309. The van der Waals surface area contributed by atoms with Crippen LogP contribution in [0.15, 0.2) is 18.3 Å². The predicted octanol–water partition coefficient (Wildman–Crippen LogP) is 2.96. The molecule has 0 saturated carbocycles. The number of likely N-dealkylation sites (N-methyl/N-ethyl adjacent to an activating group) is 1. The highest BCUT2D eigenvalue weighted by molar-refractivity contribution is 5.18. The van der Waals surface area contributed by atoms with Gasteiger partial charge in [-0.3, -0.25) is 4.98 Å². The van der Waals surface area contributed by atoms with E-state index in [9.17, 15) is 0 Å². The Morgan fingerprint density at radius 2 is 2.19 bits per heavy atom. The normalized spacial score (nSPS) is 14.8. The maximum atomic E-state index is 4.46. The van der Waals surface area contributed by atoms with Crippen molar-refractivity contribution in [1.82, 2.24) is 10.3 Å². The maximum Gasteiger partial charge on any atom is 0.0448 e. The van der Waals surface area contributed by atoms with Crippen molar-refractivity contribution in [3.63, 3.8) is 0 Å². The average molecular weight is 220 g/mol. The van der Waals surface area contributed by atoms with Crippen LogP contribution in [0.4, 0.5) is 0 Å². The number of nitrogens with one attached hydrogen (secondary N) is 1. The summed E-state index contributed by atoms with van der Waals surface area (Å²) in [4.78, 5) is 4.46. The number of pyridine rings is 1. The van der Waals surface area contributed by atoms with Gasteiger partial charge in [-0.05, 0) is 37.9 Å². The van der Waals surface area contributed by atoms with E-state index in [0.717, 1.165) is 12.3 Å². The summed E-state index contributed by atoms with van der Waals surface area (Å²) in [6, 6.07) is 4.68. The van der Waals surface area contributed by atoms with Gasteiger partial charge in [0.25, 0.3) is 0 Å². The number of aromatic nitrogens is 1. The molecule has 0 aliphatic carbocycles. The smallest absolute Gasteiger partial charge is 0.0448 e. The second kappa shape index (κ2) is 6.64. The molecule has 0 radical (unpaired) electrons. The third-order valence-electron chi connectivity index (χ3n) is 3.35. The molecule has 2 nitrogen and oxygen atoms in total. The Hall–Kier alpha value is -0.890. The van der Waals surface area contributed by atoms with Crippen molar-refractivity contribution >= 4 is 0 Å². The summed E-state index contributed by atoms with van der Waals surface area (Å²) in [5, 5.41) is 3.40. The van der Waals surface area contributed by atoms with Crippen molar-refractivity contribution in [2.24, 2.45) is 5.92 Å². The molecule has 90 valence electrons. The molecule has 1 N–H and O–H groups in total. The van der Waals surface area contributed by atoms with Gasteiger partial charge in [-0.15, -0.1) is 0 Å². The predicted molar refractivity (Wildman–Crippen MR) is 69.6 cm³/mol.